The Morgan fingerprint density at radius 1 is 1.11 bits per heavy atom. The minimum atomic E-state index is -0.719. The van der Waals surface area contributed by atoms with Crippen molar-refractivity contribution in [2.24, 2.45) is 5.92 Å². The predicted octanol–water partition coefficient (Wildman–Crippen LogP) is 4.14. The van der Waals surface area contributed by atoms with Crippen molar-refractivity contribution in [2.45, 2.75) is 13.0 Å². The Bertz CT molecular complexity index is 806. The highest BCUT2D eigenvalue weighted by atomic mass is 79.9. The third-order valence-corrected chi connectivity index (χ3v) is 4.21. The van der Waals surface area contributed by atoms with E-state index in [1.807, 2.05) is 0 Å². The lowest BCUT2D eigenvalue weighted by Crippen LogP contribution is -2.22. The van der Waals surface area contributed by atoms with Gasteiger partial charge in [-0.3, -0.25) is 15.3 Å². The zero-order valence-corrected chi connectivity index (χ0v) is 16.0. The maximum Gasteiger partial charge on any atom is 0.412 e. The number of phenolic OH excluding ortho intramolecular Hbond substituents is 1. The molecule has 0 radical (unpaired) electrons. The number of rotatable bonds is 6. The molecule has 2 aromatic carbocycles. The Morgan fingerprint density at radius 3 is 2.33 bits per heavy atom. The van der Waals surface area contributed by atoms with Gasteiger partial charge in [0.1, 0.15) is 11.9 Å². The fourth-order valence-corrected chi connectivity index (χ4v) is 2.58. The van der Waals surface area contributed by atoms with Crippen LogP contribution in [-0.2, 0) is 9.53 Å². The van der Waals surface area contributed by atoms with Gasteiger partial charge in [0, 0.05) is 22.2 Å². The fraction of sp³-hybridized carbons (Fsp3) is 0.158. The van der Waals surface area contributed by atoms with Gasteiger partial charge < -0.3 is 9.84 Å². The minimum Gasteiger partial charge on any atom is -0.508 e. The first-order valence-corrected chi connectivity index (χ1v) is 8.82. The van der Waals surface area contributed by atoms with Gasteiger partial charge >= 0.3 is 6.09 Å². The Balaban J connectivity index is 2.16. The molecule has 0 heterocycles. The number of halogens is 1. The molecule has 0 aromatic heterocycles. The molecule has 4 N–H and O–H groups in total. The largest absolute Gasteiger partial charge is 0.508 e. The summed E-state index contributed by atoms with van der Waals surface area (Å²) in [6, 6.07) is 13.2. The van der Waals surface area contributed by atoms with E-state index in [4.69, 9.17) is 9.94 Å². The van der Waals surface area contributed by atoms with Gasteiger partial charge in [-0.05, 0) is 42.0 Å². The summed E-state index contributed by atoms with van der Waals surface area (Å²) in [6.07, 6.45) is 1.27. The summed E-state index contributed by atoms with van der Waals surface area (Å²) in [5.41, 5.74) is 2.71. The molecule has 7 nitrogen and oxygen atoms in total. The van der Waals surface area contributed by atoms with Crippen molar-refractivity contribution in [2.75, 3.05) is 5.32 Å². The quantitative estimate of drug-likeness (QED) is 0.310. The molecule has 0 aliphatic carbocycles. The van der Waals surface area contributed by atoms with Crippen LogP contribution in [0.15, 0.2) is 65.2 Å². The van der Waals surface area contributed by atoms with Crippen LogP contribution in [0, 0.1) is 5.92 Å². The van der Waals surface area contributed by atoms with Crippen LogP contribution >= 0.6 is 15.9 Å². The molecule has 2 amide bonds. The molecule has 0 aliphatic rings. The number of nitrogens with one attached hydrogen (secondary N) is 2. The van der Waals surface area contributed by atoms with E-state index in [9.17, 15) is 14.7 Å². The molecule has 0 spiro atoms. The first-order chi connectivity index (χ1) is 12.9. The van der Waals surface area contributed by atoms with Gasteiger partial charge in [-0.2, -0.15) is 0 Å². The van der Waals surface area contributed by atoms with Gasteiger partial charge in [0.25, 0.3) is 5.91 Å². The van der Waals surface area contributed by atoms with E-state index in [1.165, 1.54) is 23.7 Å². The van der Waals surface area contributed by atoms with Crippen molar-refractivity contribution in [1.29, 1.82) is 0 Å². The Labute approximate surface area is 164 Å². The average Bonchev–Trinajstić information content (AvgIpc) is 2.66. The van der Waals surface area contributed by atoms with Gasteiger partial charge in [0.2, 0.25) is 0 Å². The molecule has 27 heavy (non-hydrogen) atoms. The van der Waals surface area contributed by atoms with Gasteiger partial charge in [0.05, 0.1) is 0 Å². The summed E-state index contributed by atoms with van der Waals surface area (Å²) in [6.45, 7) is 1.76. The van der Waals surface area contributed by atoms with Crippen molar-refractivity contribution >= 4 is 33.6 Å². The number of anilines is 1. The van der Waals surface area contributed by atoms with Crippen LogP contribution < -0.4 is 10.8 Å². The Morgan fingerprint density at radius 2 is 1.74 bits per heavy atom. The van der Waals surface area contributed by atoms with E-state index in [1.54, 1.807) is 43.3 Å². The molecule has 2 aromatic rings. The Hall–Kier alpha value is -2.84. The highest BCUT2D eigenvalue weighted by Crippen LogP contribution is 2.29. The van der Waals surface area contributed by atoms with Crippen molar-refractivity contribution in [3.8, 4) is 5.75 Å². The van der Waals surface area contributed by atoms with E-state index in [0.717, 1.165) is 10.5 Å². The molecule has 0 saturated heterocycles. The number of amides is 2. The maximum absolute atomic E-state index is 12.3. The van der Waals surface area contributed by atoms with Crippen LogP contribution in [0.2, 0.25) is 0 Å². The van der Waals surface area contributed by atoms with Gasteiger partial charge in [0.15, 0.2) is 0 Å². The number of hydrogen-bond acceptors (Lipinski definition) is 5. The van der Waals surface area contributed by atoms with E-state index < -0.39 is 18.1 Å². The molecule has 0 bridgehead atoms. The van der Waals surface area contributed by atoms with Crippen LogP contribution in [0.1, 0.15) is 18.6 Å². The standard InChI is InChI=1S/C19H19BrN2O5/c1-12(2-11-17(24)22-26)18(13-3-9-16(23)10-4-13)27-19(25)21-15-7-5-14(20)6-8-15/h2-12,18,23,26H,1H3,(H,21,25)(H,22,24)/b11-2+/t12-,18+/m0/s1. The predicted molar refractivity (Wildman–Crippen MR) is 103 cm³/mol. The number of hydrogen-bond donors (Lipinski definition) is 4. The van der Waals surface area contributed by atoms with E-state index in [2.05, 4.69) is 21.2 Å². The Kier molecular flexibility index (Phi) is 7.39. The van der Waals surface area contributed by atoms with Crippen LogP contribution in [0.3, 0.4) is 0 Å². The number of aromatic hydroxyl groups is 1. The second-order valence-corrected chi connectivity index (χ2v) is 6.66. The van der Waals surface area contributed by atoms with E-state index >= 15 is 0 Å². The van der Waals surface area contributed by atoms with Crippen LogP contribution in [-0.4, -0.2) is 22.3 Å². The summed E-state index contributed by atoms with van der Waals surface area (Å²) < 4.78 is 6.43. The molecule has 0 unspecified atom stereocenters. The molecule has 2 atom stereocenters. The number of carbonyl (C=O) groups is 2. The third kappa shape index (κ3) is 6.43. The minimum absolute atomic E-state index is 0.0830. The van der Waals surface area contributed by atoms with Crippen LogP contribution in [0.4, 0.5) is 10.5 Å². The summed E-state index contributed by atoms with van der Waals surface area (Å²) in [7, 11) is 0. The monoisotopic (exact) mass is 434 g/mol. The van der Waals surface area contributed by atoms with Crippen molar-refractivity contribution in [1.82, 2.24) is 5.48 Å². The number of benzene rings is 2. The molecule has 8 heteroatoms. The second-order valence-electron chi connectivity index (χ2n) is 5.74. The lowest BCUT2D eigenvalue weighted by Gasteiger charge is -2.23. The number of hydroxylamine groups is 1. The van der Waals surface area contributed by atoms with Crippen molar-refractivity contribution in [3.63, 3.8) is 0 Å². The average molecular weight is 435 g/mol. The molecule has 0 aliphatic heterocycles. The van der Waals surface area contributed by atoms with E-state index in [-0.39, 0.29) is 11.7 Å². The molecular weight excluding hydrogens is 416 g/mol. The zero-order valence-electron chi connectivity index (χ0n) is 14.4. The summed E-state index contributed by atoms with van der Waals surface area (Å²) in [5, 5.41) is 20.7. The smallest absolute Gasteiger partial charge is 0.412 e. The van der Waals surface area contributed by atoms with Crippen LogP contribution in [0.25, 0.3) is 0 Å². The maximum atomic E-state index is 12.3. The zero-order chi connectivity index (χ0) is 19.8. The van der Waals surface area contributed by atoms with Crippen molar-refractivity contribution in [3.05, 3.63) is 70.7 Å². The molecule has 142 valence electrons. The van der Waals surface area contributed by atoms with E-state index in [0.29, 0.717) is 11.3 Å². The summed E-state index contributed by atoms with van der Waals surface area (Å²) >= 11 is 3.32. The normalized spacial score (nSPS) is 13.0. The third-order valence-electron chi connectivity index (χ3n) is 3.69. The molecule has 0 saturated carbocycles. The number of ether oxygens (including phenoxy) is 1. The summed E-state index contributed by atoms with van der Waals surface area (Å²) in [4.78, 5) is 23.5. The number of phenols is 1. The highest BCUT2D eigenvalue weighted by molar-refractivity contribution is 9.10. The van der Waals surface area contributed by atoms with Gasteiger partial charge in [-0.1, -0.05) is 41.1 Å². The highest BCUT2D eigenvalue weighted by Gasteiger charge is 2.22. The molecule has 2 rings (SSSR count). The summed E-state index contributed by atoms with van der Waals surface area (Å²) in [5.74, 6) is -0.993. The lowest BCUT2D eigenvalue weighted by atomic mass is 9.96. The lowest BCUT2D eigenvalue weighted by molar-refractivity contribution is -0.124. The SMILES string of the molecule is C[C@@H](/C=C/C(=O)NO)[C@@H](OC(=O)Nc1ccc(Br)cc1)c1ccc(O)cc1. The second kappa shape index (κ2) is 9.75. The van der Waals surface area contributed by atoms with Gasteiger partial charge in [-0.25, -0.2) is 10.3 Å². The van der Waals surface area contributed by atoms with Gasteiger partial charge in [-0.15, -0.1) is 0 Å². The van der Waals surface area contributed by atoms with Crippen LogP contribution in [0.5, 0.6) is 5.75 Å². The molecular formula is C19H19BrN2O5. The van der Waals surface area contributed by atoms with Crippen molar-refractivity contribution < 1.29 is 24.6 Å². The fourth-order valence-electron chi connectivity index (χ4n) is 2.32. The number of carbonyl (C=O) groups excluding carboxylic acids is 2. The first kappa shape index (κ1) is 20.5. The first-order valence-electron chi connectivity index (χ1n) is 8.03. The molecule has 0 fully saturated rings. The topological polar surface area (TPSA) is 108 Å².